The van der Waals surface area contributed by atoms with Gasteiger partial charge in [0, 0.05) is 25.8 Å². The Labute approximate surface area is 118 Å². The summed E-state index contributed by atoms with van der Waals surface area (Å²) in [5, 5.41) is 11.6. The van der Waals surface area contributed by atoms with E-state index in [9.17, 15) is 8.42 Å². The Bertz CT molecular complexity index is 574. The van der Waals surface area contributed by atoms with Crippen molar-refractivity contribution in [2.24, 2.45) is 0 Å². The number of sulfonamides is 1. The van der Waals surface area contributed by atoms with E-state index in [1.807, 2.05) is 6.07 Å². The molecule has 1 saturated heterocycles. The minimum absolute atomic E-state index is 0.00861. The lowest BCUT2D eigenvalue weighted by atomic mass is 10.3. The molecule has 108 valence electrons. The zero-order valence-electron chi connectivity index (χ0n) is 10.9. The van der Waals surface area contributed by atoms with E-state index in [0.29, 0.717) is 37.7 Å². The Morgan fingerprint density at radius 1 is 1.40 bits per heavy atom. The number of nitrogens with one attached hydrogen (secondary N) is 1. The van der Waals surface area contributed by atoms with Gasteiger partial charge in [-0.15, -0.1) is 0 Å². The molecular weight excluding hydrogens is 280 g/mol. The molecule has 2 heterocycles. The summed E-state index contributed by atoms with van der Waals surface area (Å²) in [5.74, 6) is 0.565. The van der Waals surface area contributed by atoms with Crippen LogP contribution in [0.2, 0.25) is 0 Å². The fourth-order valence-electron chi connectivity index (χ4n) is 1.83. The average molecular weight is 296 g/mol. The second kappa shape index (κ2) is 6.65. The number of rotatable bonds is 5. The fourth-order valence-corrected chi connectivity index (χ4v) is 3.15. The third-order valence-corrected chi connectivity index (χ3v) is 4.79. The fraction of sp³-hybridized carbons (Fsp3) is 0.500. The summed E-state index contributed by atoms with van der Waals surface area (Å²) in [6.07, 6.45) is 1.44. The Morgan fingerprint density at radius 2 is 2.15 bits per heavy atom. The molecule has 0 atom stereocenters. The van der Waals surface area contributed by atoms with Crippen molar-refractivity contribution < 1.29 is 13.2 Å². The van der Waals surface area contributed by atoms with Crippen LogP contribution in [-0.4, -0.2) is 56.3 Å². The first-order chi connectivity index (χ1) is 9.62. The molecule has 1 aliphatic rings. The van der Waals surface area contributed by atoms with Crippen LogP contribution in [-0.2, 0) is 14.8 Å². The Kier molecular flexibility index (Phi) is 4.89. The second-order valence-corrected chi connectivity index (χ2v) is 6.39. The van der Waals surface area contributed by atoms with Gasteiger partial charge in [0.25, 0.3) is 0 Å². The topological polar surface area (TPSA) is 95.3 Å². The average Bonchev–Trinajstić information content (AvgIpc) is 2.49. The highest BCUT2D eigenvalue weighted by Crippen LogP contribution is 2.07. The van der Waals surface area contributed by atoms with E-state index < -0.39 is 10.0 Å². The molecule has 0 spiro atoms. The first-order valence-electron chi connectivity index (χ1n) is 6.27. The Hall–Kier alpha value is -1.69. The second-order valence-electron chi connectivity index (χ2n) is 4.30. The van der Waals surface area contributed by atoms with Gasteiger partial charge >= 0.3 is 0 Å². The van der Waals surface area contributed by atoms with Crippen LogP contribution in [0.5, 0.6) is 0 Å². The van der Waals surface area contributed by atoms with E-state index >= 15 is 0 Å². The number of ether oxygens (including phenoxy) is 1. The number of pyridine rings is 1. The van der Waals surface area contributed by atoms with Crippen LogP contribution in [0.3, 0.4) is 0 Å². The quantitative estimate of drug-likeness (QED) is 0.823. The van der Waals surface area contributed by atoms with Gasteiger partial charge < -0.3 is 10.1 Å². The summed E-state index contributed by atoms with van der Waals surface area (Å²) in [5.41, 5.74) is 0.469. The monoisotopic (exact) mass is 296 g/mol. The van der Waals surface area contributed by atoms with Crippen molar-refractivity contribution in [2.45, 2.75) is 0 Å². The summed E-state index contributed by atoms with van der Waals surface area (Å²) >= 11 is 0. The van der Waals surface area contributed by atoms with Gasteiger partial charge in [0.1, 0.15) is 11.9 Å². The zero-order valence-corrected chi connectivity index (χ0v) is 11.8. The minimum Gasteiger partial charge on any atom is -0.379 e. The van der Waals surface area contributed by atoms with E-state index in [1.165, 1.54) is 10.5 Å². The summed E-state index contributed by atoms with van der Waals surface area (Å²) < 4.78 is 30.7. The lowest BCUT2D eigenvalue weighted by Crippen LogP contribution is -2.42. The molecule has 2 rings (SSSR count). The molecule has 0 saturated carbocycles. The van der Waals surface area contributed by atoms with Gasteiger partial charge in [-0.05, 0) is 12.1 Å². The first-order valence-corrected chi connectivity index (χ1v) is 7.88. The predicted molar refractivity (Wildman–Crippen MR) is 73.6 cm³/mol. The molecule has 1 aliphatic heterocycles. The van der Waals surface area contributed by atoms with Gasteiger partial charge in [0.15, 0.2) is 0 Å². The van der Waals surface area contributed by atoms with E-state index in [1.54, 1.807) is 12.1 Å². The summed E-state index contributed by atoms with van der Waals surface area (Å²) in [6, 6.07) is 5.26. The number of nitriles is 1. The van der Waals surface area contributed by atoms with Crippen LogP contribution in [0, 0.1) is 11.3 Å². The molecule has 1 N–H and O–H groups in total. The SMILES string of the molecule is N#Cc1ccc(NCCS(=O)(=O)N2CCOCC2)nc1. The van der Waals surface area contributed by atoms with Crippen molar-refractivity contribution in [1.82, 2.24) is 9.29 Å². The van der Waals surface area contributed by atoms with Crippen LogP contribution in [0.15, 0.2) is 18.3 Å². The van der Waals surface area contributed by atoms with Crippen LogP contribution in [0.4, 0.5) is 5.82 Å². The molecular formula is C12H16N4O3S. The van der Waals surface area contributed by atoms with Gasteiger partial charge in [-0.25, -0.2) is 13.4 Å². The first kappa shape index (κ1) is 14.7. The lowest BCUT2D eigenvalue weighted by molar-refractivity contribution is 0.0731. The summed E-state index contributed by atoms with van der Waals surface area (Å²) in [4.78, 5) is 4.02. The van der Waals surface area contributed by atoms with Gasteiger partial charge in [0.2, 0.25) is 10.0 Å². The third kappa shape index (κ3) is 3.90. The van der Waals surface area contributed by atoms with Crippen LogP contribution in [0.25, 0.3) is 0 Å². The number of hydrogen-bond acceptors (Lipinski definition) is 6. The molecule has 0 aromatic carbocycles. The minimum atomic E-state index is -3.26. The van der Waals surface area contributed by atoms with Gasteiger partial charge in [-0.2, -0.15) is 9.57 Å². The lowest BCUT2D eigenvalue weighted by Gasteiger charge is -2.26. The largest absolute Gasteiger partial charge is 0.379 e. The molecule has 0 bridgehead atoms. The van der Waals surface area contributed by atoms with Crippen molar-refractivity contribution in [3.05, 3.63) is 23.9 Å². The van der Waals surface area contributed by atoms with Gasteiger partial charge in [-0.3, -0.25) is 0 Å². The van der Waals surface area contributed by atoms with Gasteiger partial charge in [-0.1, -0.05) is 0 Å². The highest BCUT2D eigenvalue weighted by atomic mass is 32.2. The maximum atomic E-state index is 12.0. The van der Waals surface area contributed by atoms with Crippen molar-refractivity contribution in [3.8, 4) is 6.07 Å². The van der Waals surface area contributed by atoms with Crippen molar-refractivity contribution in [2.75, 3.05) is 43.9 Å². The normalized spacial score (nSPS) is 16.6. The Morgan fingerprint density at radius 3 is 2.75 bits per heavy atom. The van der Waals surface area contributed by atoms with Crippen molar-refractivity contribution in [1.29, 1.82) is 5.26 Å². The predicted octanol–water partition coefficient (Wildman–Crippen LogP) is 0.0272. The molecule has 1 aromatic heterocycles. The molecule has 7 nitrogen and oxygen atoms in total. The standard InChI is InChI=1S/C12H16N4O3S/c13-9-11-1-2-12(15-10-11)14-3-8-20(17,18)16-4-6-19-7-5-16/h1-2,10H,3-8H2,(H,14,15). The number of morpholine rings is 1. The molecule has 0 amide bonds. The Balaban J connectivity index is 1.83. The molecule has 0 unspecified atom stereocenters. The highest BCUT2D eigenvalue weighted by Gasteiger charge is 2.23. The van der Waals surface area contributed by atoms with Crippen molar-refractivity contribution in [3.63, 3.8) is 0 Å². The molecule has 1 aromatic rings. The summed E-state index contributed by atoms with van der Waals surface area (Å²) in [7, 11) is -3.26. The molecule has 8 heteroatoms. The maximum Gasteiger partial charge on any atom is 0.215 e. The maximum absolute atomic E-state index is 12.0. The third-order valence-electron chi connectivity index (χ3n) is 2.92. The highest BCUT2D eigenvalue weighted by molar-refractivity contribution is 7.89. The number of nitrogens with zero attached hydrogens (tertiary/aromatic N) is 3. The van der Waals surface area contributed by atoms with E-state index in [2.05, 4.69) is 10.3 Å². The van der Waals surface area contributed by atoms with E-state index in [4.69, 9.17) is 10.00 Å². The molecule has 0 radical (unpaired) electrons. The zero-order chi connectivity index (χ0) is 14.4. The molecule has 0 aliphatic carbocycles. The number of anilines is 1. The van der Waals surface area contributed by atoms with Crippen LogP contribution < -0.4 is 5.32 Å². The van der Waals surface area contributed by atoms with Crippen LogP contribution in [0.1, 0.15) is 5.56 Å². The number of hydrogen-bond donors (Lipinski definition) is 1. The smallest absolute Gasteiger partial charge is 0.215 e. The molecule has 20 heavy (non-hydrogen) atoms. The molecule has 1 fully saturated rings. The van der Waals surface area contributed by atoms with Crippen molar-refractivity contribution >= 4 is 15.8 Å². The van der Waals surface area contributed by atoms with Crippen LogP contribution >= 0.6 is 0 Å². The number of aromatic nitrogens is 1. The van der Waals surface area contributed by atoms with E-state index in [-0.39, 0.29) is 12.3 Å². The van der Waals surface area contributed by atoms with E-state index in [0.717, 1.165) is 0 Å². The van der Waals surface area contributed by atoms with Gasteiger partial charge in [0.05, 0.1) is 24.5 Å². The summed E-state index contributed by atoms with van der Waals surface area (Å²) in [6.45, 7) is 2.00.